The van der Waals surface area contributed by atoms with E-state index in [9.17, 15) is 18.3 Å². The van der Waals surface area contributed by atoms with Crippen molar-refractivity contribution in [2.75, 3.05) is 25.3 Å². The molecule has 2 aromatic carbocycles. The zero-order chi connectivity index (χ0) is 24.7. The van der Waals surface area contributed by atoms with Gasteiger partial charge in [-0.05, 0) is 42.8 Å². The topological polar surface area (TPSA) is 124 Å². The number of aromatic nitrogens is 1. The molecule has 0 fully saturated rings. The summed E-state index contributed by atoms with van der Waals surface area (Å²) in [6.45, 7) is 2.12. The first kappa shape index (κ1) is 25.6. The fourth-order valence-electron chi connectivity index (χ4n) is 2.94. The number of aliphatic hydroxyl groups is 1. The quantitative estimate of drug-likeness (QED) is 0.401. The average Bonchev–Trinajstić information content (AvgIpc) is 3.26. The maximum atomic E-state index is 12.9. The summed E-state index contributed by atoms with van der Waals surface area (Å²) >= 11 is 1.20. The van der Waals surface area contributed by atoms with Gasteiger partial charge in [0.15, 0.2) is 15.0 Å². The molecule has 1 aromatic heterocycles. The Hall–Kier alpha value is -2.99. The third-order valence-electron chi connectivity index (χ3n) is 4.67. The SMILES string of the molecule is CCC(COC)Oc1cc(Oc2ccc(S(C)(=O)=O)cc2)cc(C(=O)Nc2nc(CO)cs2)c1. The maximum Gasteiger partial charge on any atom is 0.257 e. The second-order valence-electron chi connectivity index (χ2n) is 7.40. The molecule has 9 nitrogen and oxygen atoms in total. The predicted molar refractivity (Wildman–Crippen MR) is 129 cm³/mol. The molecule has 0 saturated carbocycles. The second kappa shape index (κ2) is 11.4. The minimum absolute atomic E-state index is 0.174. The molecule has 182 valence electrons. The van der Waals surface area contributed by atoms with Crippen molar-refractivity contribution >= 4 is 32.2 Å². The first-order chi connectivity index (χ1) is 16.2. The number of amides is 1. The molecule has 0 aliphatic carbocycles. The lowest BCUT2D eigenvalue weighted by molar-refractivity contribution is 0.0785. The van der Waals surface area contributed by atoms with E-state index in [4.69, 9.17) is 14.2 Å². The molecule has 0 aliphatic heterocycles. The minimum Gasteiger partial charge on any atom is -0.488 e. The van der Waals surface area contributed by atoms with E-state index in [-0.39, 0.29) is 23.2 Å². The first-order valence-corrected chi connectivity index (χ1v) is 13.1. The van der Waals surface area contributed by atoms with Crippen LogP contribution in [-0.2, 0) is 21.2 Å². The molecular weight excluding hydrogens is 480 g/mol. The van der Waals surface area contributed by atoms with Crippen LogP contribution in [0.4, 0.5) is 5.13 Å². The van der Waals surface area contributed by atoms with Crippen LogP contribution in [0.2, 0.25) is 0 Å². The number of benzene rings is 2. The molecule has 3 rings (SSSR count). The van der Waals surface area contributed by atoms with Crippen molar-refractivity contribution in [2.45, 2.75) is 31.0 Å². The zero-order valence-corrected chi connectivity index (χ0v) is 20.6. The molecule has 0 radical (unpaired) electrons. The van der Waals surface area contributed by atoms with E-state index in [2.05, 4.69) is 10.3 Å². The number of methoxy groups -OCH3 is 1. The summed E-state index contributed by atoms with van der Waals surface area (Å²) in [5, 5.41) is 13.9. The van der Waals surface area contributed by atoms with E-state index < -0.39 is 15.7 Å². The Labute approximate surface area is 202 Å². The number of carbonyl (C=O) groups is 1. The van der Waals surface area contributed by atoms with Gasteiger partial charge < -0.3 is 19.3 Å². The normalized spacial score (nSPS) is 12.2. The largest absolute Gasteiger partial charge is 0.488 e. The van der Waals surface area contributed by atoms with Gasteiger partial charge in [-0.2, -0.15) is 0 Å². The molecule has 34 heavy (non-hydrogen) atoms. The van der Waals surface area contributed by atoms with Gasteiger partial charge in [-0.15, -0.1) is 11.3 Å². The van der Waals surface area contributed by atoms with Crippen LogP contribution in [0.25, 0.3) is 0 Å². The third-order valence-corrected chi connectivity index (χ3v) is 6.61. The monoisotopic (exact) mass is 506 g/mol. The fourth-order valence-corrected chi connectivity index (χ4v) is 4.27. The highest BCUT2D eigenvalue weighted by Crippen LogP contribution is 2.30. The lowest BCUT2D eigenvalue weighted by Gasteiger charge is -2.18. The number of hydrogen-bond donors (Lipinski definition) is 2. The summed E-state index contributed by atoms with van der Waals surface area (Å²) < 4.78 is 40.5. The number of anilines is 1. The number of ether oxygens (including phenoxy) is 3. The van der Waals surface area contributed by atoms with Gasteiger partial charge in [0.1, 0.15) is 23.4 Å². The van der Waals surface area contributed by atoms with Gasteiger partial charge in [-0.25, -0.2) is 13.4 Å². The van der Waals surface area contributed by atoms with E-state index >= 15 is 0 Å². The van der Waals surface area contributed by atoms with E-state index in [0.29, 0.717) is 41.1 Å². The van der Waals surface area contributed by atoms with Crippen LogP contribution in [0, 0.1) is 0 Å². The summed E-state index contributed by atoms with van der Waals surface area (Å²) in [4.78, 5) is 17.2. The van der Waals surface area contributed by atoms with E-state index in [0.717, 1.165) is 6.26 Å². The predicted octanol–water partition coefficient (Wildman–Crippen LogP) is 3.89. The Balaban J connectivity index is 1.89. The van der Waals surface area contributed by atoms with Crippen molar-refractivity contribution in [3.05, 3.63) is 59.1 Å². The number of carbonyl (C=O) groups excluding carboxylic acids is 1. The van der Waals surface area contributed by atoms with Gasteiger partial charge in [0, 0.05) is 30.4 Å². The van der Waals surface area contributed by atoms with Gasteiger partial charge in [-0.3, -0.25) is 10.1 Å². The molecular formula is C23H26N2O7S2. The van der Waals surface area contributed by atoms with Crippen LogP contribution >= 0.6 is 11.3 Å². The van der Waals surface area contributed by atoms with Crippen molar-refractivity contribution < 1.29 is 32.5 Å². The van der Waals surface area contributed by atoms with Gasteiger partial charge in [-0.1, -0.05) is 6.92 Å². The highest BCUT2D eigenvalue weighted by atomic mass is 32.2. The Morgan fingerprint density at radius 3 is 2.44 bits per heavy atom. The molecule has 1 heterocycles. The average molecular weight is 507 g/mol. The van der Waals surface area contributed by atoms with E-state index in [1.54, 1.807) is 30.7 Å². The molecule has 11 heteroatoms. The van der Waals surface area contributed by atoms with Gasteiger partial charge in [0.2, 0.25) is 0 Å². The standard InChI is InChI=1S/C23H26N2O7S2/c1-4-17(13-30-2)31-19-9-15(22(27)25-23-24-16(12-26)14-33-23)10-20(11-19)32-18-5-7-21(8-6-18)34(3,28)29/h5-11,14,17,26H,4,12-13H2,1-3H3,(H,24,25,27). The number of rotatable bonds is 11. The van der Waals surface area contributed by atoms with Crippen LogP contribution in [0.1, 0.15) is 29.4 Å². The molecule has 1 amide bonds. The second-order valence-corrected chi connectivity index (χ2v) is 10.3. The minimum atomic E-state index is -3.33. The van der Waals surface area contributed by atoms with E-state index in [1.807, 2.05) is 6.92 Å². The van der Waals surface area contributed by atoms with Gasteiger partial charge in [0.05, 0.1) is 23.8 Å². The number of aliphatic hydroxyl groups excluding tert-OH is 1. The lowest BCUT2D eigenvalue weighted by atomic mass is 10.2. The molecule has 3 aromatic rings. The van der Waals surface area contributed by atoms with E-state index in [1.165, 1.54) is 35.6 Å². The Morgan fingerprint density at radius 2 is 1.85 bits per heavy atom. The fraction of sp³-hybridized carbons (Fsp3) is 0.304. The van der Waals surface area contributed by atoms with Crippen LogP contribution in [0.15, 0.2) is 52.7 Å². The van der Waals surface area contributed by atoms with Crippen molar-refractivity contribution in [1.29, 1.82) is 0 Å². The summed E-state index contributed by atoms with van der Waals surface area (Å²) in [5.74, 6) is 0.709. The molecule has 0 spiro atoms. The summed E-state index contributed by atoms with van der Waals surface area (Å²) in [7, 11) is -1.75. The van der Waals surface area contributed by atoms with Crippen LogP contribution < -0.4 is 14.8 Å². The molecule has 1 unspecified atom stereocenters. The van der Waals surface area contributed by atoms with Crippen LogP contribution in [-0.4, -0.2) is 50.5 Å². The third kappa shape index (κ3) is 7.00. The highest BCUT2D eigenvalue weighted by molar-refractivity contribution is 7.90. The van der Waals surface area contributed by atoms with Crippen molar-refractivity contribution in [3.63, 3.8) is 0 Å². The summed E-state index contributed by atoms with van der Waals surface area (Å²) in [5.41, 5.74) is 0.734. The Morgan fingerprint density at radius 1 is 1.15 bits per heavy atom. The highest BCUT2D eigenvalue weighted by Gasteiger charge is 2.16. The molecule has 0 saturated heterocycles. The molecule has 0 aliphatic rings. The molecule has 1 atom stereocenters. The van der Waals surface area contributed by atoms with Crippen LogP contribution in [0.3, 0.4) is 0 Å². The van der Waals surface area contributed by atoms with Crippen LogP contribution in [0.5, 0.6) is 17.2 Å². The number of sulfone groups is 1. The Bertz CT molecular complexity index is 1220. The lowest BCUT2D eigenvalue weighted by Crippen LogP contribution is -2.21. The number of nitrogens with zero attached hydrogens (tertiary/aromatic N) is 1. The summed E-state index contributed by atoms with van der Waals surface area (Å²) in [6.07, 6.45) is 1.59. The number of nitrogens with one attached hydrogen (secondary N) is 1. The number of hydrogen-bond acceptors (Lipinski definition) is 9. The maximum absolute atomic E-state index is 12.9. The van der Waals surface area contributed by atoms with Crippen molar-refractivity contribution in [2.24, 2.45) is 0 Å². The first-order valence-electron chi connectivity index (χ1n) is 10.4. The smallest absolute Gasteiger partial charge is 0.257 e. The van der Waals surface area contributed by atoms with Gasteiger partial charge in [0.25, 0.3) is 5.91 Å². The summed E-state index contributed by atoms with van der Waals surface area (Å²) in [6, 6.07) is 10.8. The molecule has 0 bridgehead atoms. The van der Waals surface area contributed by atoms with Gasteiger partial charge >= 0.3 is 0 Å². The van der Waals surface area contributed by atoms with Crippen molar-refractivity contribution in [1.82, 2.24) is 4.98 Å². The number of thiazole rings is 1. The van der Waals surface area contributed by atoms with Crippen molar-refractivity contribution in [3.8, 4) is 17.2 Å². The Kier molecular flexibility index (Phi) is 8.61. The molecule has 2 N–H and O–H groups in total. The zero-order valence-electron chi connectivity index (χ0n) is 19.0.